The number of aryl methyl sites for hydroxylation is 2. The summed E-state index contributed by atoms with van der Waals surface area (Å²) in [6.07, 6.45) is -0.0830. The highest BCUT2D eigenvalue weighted by molar-refractivity contribution is 7.26. The first-order valence-corrected chi connectivity index (χ1v) is 11.9. The number of halogens is 2. The van der Waals surface area contributed by atoms with Crippen molar-refractivity contribution < 1.29 is 8.78 Å². The summed E-state index contributed by atoms with van der Waals surface area (Å²) in [6.45, 7) is 6.51. The monoisotopic (exact) mass is 445 g/mol. The first-order chi connectivity index (χ1) is 15.4. The Kier molecular flexibility index (Phi) is 5.42. The van der Waals surface area contributed by atoms with Crippen LogP contribution in [0, 0.1) is 6.92 Å². The molecule has 0 N–H and O–H groups in total. The summed E-state index contributed by atoms with van der Waals surface area (Å²) >= 11 is 1.73. The van der Waals surface area contributed by atoms with Crippen LogP contribution in [0.4, 0.5) is 8.78 Å². The van der Waals surface area contributed by atoms with Gasteiger partial charge in [0.25, 0.3) is 0 Å². The summed E-state index contributed by atoms with van der Waals surface area (Å²) in [5.74, 6) is 0.404. The highest BCUT2D eigenvalue weighted by Gasteiger charge is 2.17. The molecule has 5 rings (SSSR count). The molecule has 2 heterocycles. The Bertz CT molecular complexity index is 1450. The van der Waals surface area contributed by atoms with Gasteiger partial charge in [-0.25, -0.2) is 8.78 Å². The van der Waals surface area contributed by atoms with Gasteiger partial charge in [-0.15, -0.1) is 11.3 Å². The lowest BCUT2D eigenvalue weighted by molar-refractivity contribution is 0.138. The van der Waals surface area contributed by atoms with Crippen molar-refractivity contribution in [1.82, 2.24) is 4.98 Å². The van der Waals surface area contributed by atoms with Gasteiger partial charge in [-0.1, -0.05) is 50.2 Å². The lowest BCUT2D eigenvalue weighted by Crippen LogP contribution is -1.96. The fraction of sp³-hybridized carbons (Fsp3) is 0.250. The van der Waals surface area contributed by atoms with Crippen molar-refractivity contribution in [2.75, 3.05) is 0 Å². The molecule has 0 radical (unpaired) electrons. The van der Waals surface area contributed by atoms with Crippen LogP contribution in [0.2, 0.25) is 0 Å². The fourth-order valence-corrected chi connectivity index (χ4v) is 5.97. The second-order valence-electron chi connectivity index (χ2n) is 8.74. The number of nitrogens with zero attached hydrogens (tertiary/aromatic N) is 1. The number of hydrogen-bond acceptors (Lipinski definition) is 2. The van der Waals surface area contributed by atoms with Crippen LogP contribution in [0.5, 0.6) is 0 Å². The first kappa shape index (κ1) is 21.0. The normalized spacial score (nSPS) is 12.1. The van der Waals surface area contributed by atoms with E-state index >= 15 is 0 Å². The van der Waals surface area contributed by atoms with Crippen LogP contribution in [0.1, 0.15) is 42.9 Å². The van der Waals surface area contributed by atoms with Crippen LogP contribution < -0.4 is 0 Å². The molecule has 0 atom stereocenters. The van der Waals surface area contributed by atoms with E-state index < -0.39 is 6.43 Å². The summed E-state index contributed by atoms with van der Waals surface area (Å²) < 4.78 is 27.9. The summed E-state index contributed by atoms with van der Waals surface area (Å²) in [7, 11) is 0. The molecule has 0 saturated heterocycles. The van der Waals surface area contributed by atoms with Crippen molar-refractivity contribution in [3.63, 3.8) is 0 Å². The van der Waals surface area contributed by atoms with E-state index in [0.29, 0.717) is 12.3 Å². The minimum atomic E-state index is -2.27. The van der Waals surface area contributed by atoms with Crippen molar-refractivity contribution in [3.8, 4) is 11.3 Å². The van der Waals surface area contributed by atoms with E-state index in [0.717, 1.165) is 27.1 Å². The molecular formula is C28H25F2NS. The molecule has 0 spiro atoms. The number of fused-ring (bicyclic) bond motifs is 4. The molecular weight excluding hydrogens is 420 g/mol. The molecule has 5 aromatic rings. The third-order valence-electron chi connectivity index (χ3n) is 6.34. The topological polar surface area (TPSA) is 12.9 Å². The van der Waals surface area contributed by atoms with Gasteiger partial charge in [0, 0.05) is 33.7 Å². The maximum atomic E-state index is 12.8. The van der Waals surface area contributed by atoms with Crippen molar-refractivity contribution in [2.45, 2.75) is 46.0 Å². The molecule has 2 aromatic heterocycles. The highest BCUT2D eigenvalue weighted by atomic mass is 32.1. The summed E-state index contributed by atoms with van der Waals surface area (Å²) in [5, 5.41) is 4.86. The van der Waals surface area contributed by atoms with Crippen LogP contribution in [0.15, 0.2) is 60.8 Å². The van der Waals surface area contributed by atoms with Crippen LogP contribution >= 0.6 is 11.3 Å². The molecule has 1 nitrogen and oxygen atoms in total. The molecule has 0 bridgehead atoms. The average Bonchev–Trinajstić information content (AvgIpc) is 3.17. The Balaban J connectivity index is 1.73. The molecule has 4 heteroatoms. The number of rotatable bonds is 5. The van der Waals surface area contributed by atoms with Gasteiger partial charge in [0.2, 0.25) is 6.43 Å². The number of aromatic nitrogens is 1. The molecule has 0 aliphatic carbocycles. The van der Waals surface area contributed by atoms with E-state index in [1.807, 2.05) is 12.3 Å². The summed E-state index contributed by atoms with van der Waals surface area (Å²) in [6, 6.07) is 19.2. The highest BCUT2D eigenvalue weighted by Crippen LogP contribution is 2.42. The van der Waals surface area contributed by atoms with Gasteiger partial charge in [0.05, 0.1) is 10.4 Å². The minimum absolute atomic E-state index is 0.0981. The van der Waals surface area contributed by atoms with Gasteiger partial charge >= 0.3 is 0 Å². The zero-order valence-corrected chi connectivity index (χ0v) is 19.3. The van der Waals surface area contributed by atoms with Gasteiger partial charge in [0.15, 0.2) is 0 Å². The third-order valence-corrected chi connectivity index (χ3v) is 7.69. The molecule has 0 aliphatic heterocycles. The smallest absolute Gasteiger partial charge is 0.239 e. The van der Waals surface area contributed by atoms with Gasteiger partial charge in [0.1, 0.15) is 0 Å². The van der Waals surface area contributed by atoms with Crippen LogP contribution in [0.25, 0.3) is 42.2 Å². The number of thiophene rings is 1. The molecule has 0 aliphatic rings. The number of alkyl halides is 2. The predicted octanol–water partition coefficient (Wildman–Crippen LogP) is 8.90. The molecule has 0 saturated carbocycles. The van der Waals surface area contributed by atoms with Crippen molar-refractivity contribution in [2.24, 2.45) is 0 Å². The molecule has 0 amide bonds. The van der Waals surface area contributed by atoms with Crippen LogP contribution in [0.3, 0.4) is 0 Å². The molecule has 3 aromatic carbocycles. The lowest BCUT2D eigenvalue weighted by atomic mass is 9.92. The summed E-state index contributed by atoms with van der Waals surface area (Å²) in [5.41, 5.74) is 5.55. The Morgan fingerprint density at radius 1 is 0.906 bits per heavy atom. The quantitative estimate of drug-likeness (QED) is 0.263. The molecule has 32 heavy (non-hydrogen) atoms. The maximum absolute atomic E-state index is 12.8. The lowest BCUT2D eigenvalue weighted by Gasteiger charge is -2.13. The van der Waals surface area contributed by atoms with Crippen molar-refractivity contribution >= 4 is 42.3 Å². The number of pyridine rings is 1. The third kappa shape index (κ3) is 3.57. The van der Waals surface area contributed by atoms with E-state index in [4.69, 9.17) is 4.98 Å². The maximum Gasteiger partial charge on any atom is 0.239 e. The Morgan fingerprint density at radius 2 is 1.69 bits per heavy atom. The first-order valence-electron chi connectivity index (χ1n) is 11.0. The zero-order valence-electron chi connectivity index (χ0n) is 18.5. The van der Waals surface area contributed by atoms with Gasteiger partial charge in [-0.3, -0.25) is 4.98 Å². The second-order valence-corrected chi connectivity index (χ2v) is 9.76. The van der Waals surface area contributed by atoms with E-state index in [-0.39, 0.29) is 6.42 Å². The van der Waals surface area contributed by atoms with E-state index in [1.54, 1.807) is 11.3 Å². The second kappa shape index (κ2) is 8.25. The van der Waals surface area contributed by atoms with Gasteiger partial charge in [-0.2, -0.15) is 0 Å². The van der Waals surface area contributed by atoms with Crippen molar-refractivity contribution in [3.05, 3.63) is 77.5 Å². The van der Waals surface area contributed by atoms with E-state index in [1.165, 1.54) is 31.8 Å². The minimum Gasteiger partial charge on any atom is -0.255 e. The zero-order chi connectivity index (χ0) is 22.4. The number of benzene rings is 3. The van der Waals surface area contributed by atoms with E-state index in [9.17, 15) is 8.78 Å². The Hall–Kier alpha value is -2.85. The van der Waals surface area contributed by atoms with E-state index in [2.05, 4.69) is 69.3 Å². The number of hydrogen-bond donors (Lipinski definition) is 0. The molecule has 162 valence electrons. The van der Waals surface area contributed by atoms with Crippen molar-refractivity contribution in [1.29, 1.82) is 0 Å². The molecule has 0 unspecified atom stereocenters. The van der Waals surface area contributed by atoms with Crippen LogP contribution in [-0.2, 0) is 6.42 Å². The SMILES string of the molecule is Cc1c(CCC(F)F)ccc2c1sc1c(-c3cc(C(C)C)c4ccccc4c3)nccc12. The van der Waals surface area contributed by atoms with Crippen LogP contribution in [-0.4, -0.2) is 11.4 Å². The predicted molar refractivity (Wildman–Crippen MR) is 133 cm³/mol. The average molecular weight is 446 g/mol. The summed E-state index contributed by atoms with van der Waals surface area (Å²) in [4.78, 5) is 4.80. The Labute approximate surface area is 190 Å². The van der Waals surface area contributed by atoms with Gasteiger partial charge < -0.3 is 0 Å². The largest absolute Gasteiger partial charge is 0.255 e. The molecule has 0 fully saturated rings. The fourth-order valence-electron chi connectivity index (χ4n) is 4.64. The standard InChI is InChI=1S/C28H25F2NS/c1-16(2)24-15-20(14-19-6-4-5-7-21(19)24)26-28-23(12-13-31-26)22-10-8-18(9-11-25(29)30)17(3)27(22)32-28/h4-8,10,12-16,25H,9,11H2,1-3H3. The Morgan fingerprint density at radius 3 is 2.47 bits per heavy atom. The van der Waals surface area contributed by atoms with Gasteiger partial charge in [-0.05, 0) is 64.9 Å².